The molecular formula is C8H9N5O2. The molecule has 0 amide bonds. The molecule has 0 atom stereocenters. The van der Waals surface area contributed by atoms with E-state index in [9.17, 15) is 4.79 Å². The molecule has 2 aromatic heterocycles. The first-order valence-electron chi connectivity index (χ1n) is 4.21. The second-order valence-electron chi connectivity index (χ2n) is 3.11. The van der Waals surface area contributed by atoms with Gasteiger partial charge in [-0.3, -0.25) is 0 Å². The van der Waals surface area contributed by atoms with Crippen LogP contribution in [-0.4, -0.2) is 35.6 Å². The van der Waals surface area contributed by atoms with E-state index in [1.54, 1.807) is 31.2 Å². The molecule has 0 saturated carbocycles. The molecule has 0 radical (unpaired) electrons. The van der Waals surface area contributed by atoms with Gasteiger partial charge in [-0.15, -0.1) is 5.10 Å². The van der Waals surface area contributed by atoms with Crippen LogP contribution in [0.15, 0.2) is 12.5 Å². The monoisotopic (exact) mass is 207 g/mol. The zero-order valence-electron chi connectivity index (χ0n) is 8.25. The van der Waals surface area contributed by atoms with Gasteiger partial charge in [0.05, 0.1) is 18.2 Å². The van der Waals surface area contributed by atoms with Crippen LogP contribution in [0.5, 0.6) is 0 Å². The van der Waals surface area contributed by atoms with Gasteiger partial charge in [0.2, 0.25) is 0 Å². The molecule has 0 spiro atoms. The highest BCUT2D eigenvalue weighted by Gasteiger charge is 2.20. The van der Waals surface area contributed by atoms with Crippen molar-refractivity contribution < 1.29 is 9.90 Å². The van der Waals surface area contributed by atoms with Crippen molar-refractivity contribution in [3.8, 4) is 11.4 Å². The Kier molecular flexibility index (Phi) is 2.00. The lowest BCUT2D eigenvalue weighted by atomic mass is 10.2. The number of carbonyl (C=O) groups is 1. The Bertz CT molecular complexity index is 513. The average Bonchev–Trinajstić information content (AvgIpc) is 2.71. The molecule has 0 aliphatic rings. The molecule has 7 heteroatoms. The normalized spacial score (nSPS) is 10.5. The number of hydrogen-bond acceptors (Lipinski definition) is 4. The van der Waals surface area contributed by atoms with Crippen molar-refractivity contribution in [2.75, 3.05) is 0 Å². The molecule has 0 aliphatic heterocycles. The Hall–Kier alpha value is -2.18. The number of imidazole rings is 1. The Morgan fingerprint density at radius 1 is 1.47 bits per heavy atom. The lowest BCUT2D eigenvalue weighted by molar-refractivity contribution is 0.0691. The number of carboxylic acids is 1. The summed E-state index contributed by atoms with van der Waals surface area (Å²) < 4.78 is 3.13. The Morgan fingerprint density at radius 2 is 2.20 bits per heavy atom. The fourth-order valence-corrected chi connectivity index (χ4v) is 1.37. The third kappa shape index (κ3) is 1.37. The van der Waals surface area contributed by atoms with Crippen molar-refractivity contribution in [1.82, 2.24) is 24.5 Å². The van der Waals surface area contributed by atoms with Gasteiger partial charge in [0.15, 0.2) is 5.69 Å². The quantitative estimate of drug-likeness (QED) is 0.744. The van der Waals surface area contributed by atoms with Crippen molar-refractivity contribution >= 4 is 5.97 Å². The predicted octanol–water partition coefficient (Wildman–Crippen LogP) is -0.0862. The maximum absolute atomic E-state index is 10.9. The molecule has 2 heterocycles. The van der Waals surface area contributed by atoms with Gasteiger partial charge in [-0.2, -0.15) is 0 Å². The number of carboxylic acid groups (broad SMARTS) is 1. The smallest absolute Gasteiger partial charge is 0.358 e. The minimum absolute atomic E-state index is 0.0684. The molecule has 78 valence electrons. The number of aryl methyl sites for hydroxylation is 2. The molecule has 2 aromatic rings. The fraction of sp³-hybridized carbons (Fsp3) is 0.250. The van der Waals surface area contributed by atoms with E-state index in [0.717, 1.165) is 0 Å². The van der Waals surface area contributed by atoms with E-state index in [4.69, 9.17) is 5.11 Å². The average molecular weight is 207 g/mol. The third-order valence-corrected chi connectivity index (χ3v) is 2.09. The molecule has 0 unspecified atom stereocenters. The standard InChI is InChI=1S/C8H9N5O2/c1-12-4-9-3-5(12)7-6(8(14)15)10-11-13(7)2/h3-4H,1-2H3,(H,14,15). The van der Waals surface area contributed by atoms with Gasteiger partial charge < -0.3 is 9.67 Å². The number of hydrogen-bond donors (Lipinski definition) is 1. The first kappa shape index (κ1) is 9.38. The van der Waals surface area contributed by atoms with Gasteiger partial charge in [0, 0.05) is 14.1 Å². The van der Waals surface area contributed by atoms with Gasteiger partial charge in [-0.25, -0.2) is 14.5 Å². The van der Waals surface area contributed by atoms with Crippen molar-refractivity contribution in [2.24, 2.45) is 14.1 Å². The highest BCUT2D eigenvalue weighted by Crippen LogP contribution is 2.20. The summed E-state index contributed by atoms with van der Waals surface area (Å²) in [5.74, 6) is -1.10. The molecule has 0 saturated heterocycles. The van der Waals surface area contributed by atoms with Crippen LogP contribution >= 0.6 is 0 Å². The number of aromatic carboxylic acids is 1. The van der Waals surface area contributed by atoms with Gasteiger partial charge in [-0.05, 0) is 0 Å². The van der Waals surface area contributed by atoms with E-state index >= 15 is 0 Å². The van der Waals surface area contributed by atoms with Crippen LogP contribution in [0.1, 0.15) is 10.5 Å². The van der Waals surface area contributed by atoms with Gasteiger partial charge in [0.25, 0.3) is 0 Å². The summed E-state index contributed by atoms with van der Waals surface area (Å²) in [4.78, 5) is 14.8. The first-order chi connectivity index (χ1) is 7.11. The van der Waals surface area contributed by atoms with E-state index in [-0.39, 0.29) is 5.69 Å². The highest BCUT2D eigenvalue weighted by atomic mass is 16.4. The van der Waals surface area contributed by atoms with Crippen molar-refractivity contribution in [3.05, 3.63) is 18.2 Å². The zero-order valence-corrected chi connectivity index (χ0v) is 8.25. The molecule has 0 bridgehead atoms. The van der Waals surface area contributed by atoms with Crippen LogP contribution in [0, 0.1) is 0 Å². The van der Waals surface area contributed by atoms with E-state index < -0.39 is 5.97 Å². The minimum atomic E-state index is -1.10. The molecule has 15 heavy (non-hydrogen) atoms. The molecule has 0 aromatic carbocycles. The van der Waals surface area contributed by atoms with E-state index in [0.29, 0.717) is 11.4 Å². The van der Waals surface area contributed by atoms with E-state index in [2.05, 4.69) is 15.3 Å². The maximum atomic E-state index is 10.9. The SMILES string of the molecule is Cn1cncc1-c1c(C(=O)O)nnn1C. The first-order valence-corrected chi connectivity index (χ1v) is 4.21. The van der Waals surface area contributed by atoms with Crippen LogP contribution in [0.2, 0.25) is 0 Å². The summed E-state index contributed by atoms with van der Waals surface area (Å²) in [6.45, 7) is 0. The molecule has 7 nitrogen and oxygen atoms in total. The van der Waals surface area contributed by atoms with Crippen LogP contribution < -0.4 is 0 Å². The maximum Gasteiger partial charge on any atom is 0.358 e. The summed E-state index contributed by atoms with van der Waals surface area (Å²) >= 11 is 0. The lowest BCUT2D eigenvalue weighted by Gasteiger charge is -2.02. The van der Waals surface area contributed by atoms with Gasteiger partial charge in [0.1, 0.15) is 5.69 Å². The van der Waals surface area contributed by atoms with Gasteiger partial charge in [-0.1, -0.05) is 5.21 Å². The second kappa shape index (κ2) is 3.19. The Labute approximate surface area is 85.0 Å². The molecule has 0 aliphatic carbocycles. The van der Waals surface area contributed by atoms with E-state index in [1.165, 1.54) is 4.68 Å². The third-order valence-electron chi connectivity index (χ3n) is 2.09. The summed E-state index contributed by atoms with van der Waals surface area (Å²) in [5.41, 5.74) is 1.04. The Balaban J connectivity index is 2.66. The van der Waals surface area contributed by atoms with Crippen molar-refractivity contribution in [3.63, 3.8) is 0 Å². The minimum Gasteiger partial charge on any atom is -0.476 e. The lowest BCUT2D eigenvalue weighted by Crippen LogP contribution is -2.03. The molecular weight excluding hydrogens is 198 g/mol. The van der Waals surface area contributed by atoms with Crippen LogP contribution in [0.3, 0.4) is 0 Å². The number of aromatic nitrogens is 5. The van der Waals surface area contributed by atoms with Crippen LogP contribution in [0.4, 0.5) is 0 Å². The number of rotatable bonds is 2. The predicted molar refractivity (Wildman–Crippen MR) is 50.2 cm³/mol. The molecule has 1 N–H and O–H groups in total. The Morgan fingerprint density at radius 3 is 2.73 bits per heavy atom. The van der Waals surface area contributed by atoms with Crippen LogP contribution in [0.25, 0.3) is 11.4 Å². The topological polar surface area (TPSA) is 85.8 Å². The van der Waals surface area contributed by atoms with Crippen molar-refractivity contribution in [1.29, 1.82) is 0 Å². The van der Waals surface area contributed by atoms with Crippen molar-refractivity contribution in [2.45, 2.75) is 0 Å². The van der Waals surface area contributed by atoms with Crippen LogP contribution in [-0.2, 0) is 14.1 Å². The number of nitrogens with zero attached hydrogens (tertiary/aromatic N) is 5. The molecule has 2 rings (SSSR count). The summed E-state index contributed by atoms with van der Waals surface area (Å²) in [6.07, 6.45) is 3.17. The van der Waals surface area contributed by atoms with E-state index in [1.807, 2.05) is 0 Å². The summed E-state index contributed by atoms with van der Waals surface area (Å²) in [6, 6.07) is 0. The zero-order chi connectivity index (χ0) is 11.0. The fourth-order valence-electron chi connectivity index (χ4n) is 1.37. The second-order valence-corrected chi connectivity index (χ2v) is 3.11. The summed E-state index contributed by atoms with van der Waals surface area (Å²) in [7, 11) is 3.42. The highest BCUT2D eigenvalue weighted by molar-refractivity contribution is 5.92. The molecule has 0 fully saturated rings. The van der Waals surface area contributed by atoms with Gasteiger partial charge >= 0.3 is 5.97 Å². The summed E-state index contributed by atoms with van der Waals surface area (Å²) in [5, 5.41) is 16.2. The largest absolute Gasteiger partial charge is 0.476 e.